The van der Waals surface area contributed by atoms with Gasteiger partial charge in [-0.25, -0.2) is 0 Å². The lowest BCUT2D eigenvalue weighted by molar-refractivity contribution is 0.416. The molecule has 1 aromatic rings. The second kappa shape index (κ2) is 5.49. The van der Waals surface area contributed by atoms with Gasteiger partial charge in [0.15, 0.2) is 0 Å². The van der Waals surface area contributed by atoms with Crippen LogP contribution in [0.5, 0.6) is 0 Å². The van der Waals surface area contributed by atoms with E-state index in [0.29, 0.717) is 11.9 Å². The van der Waals surface area contributed by atoms with Crippen molar-refractivity contribution in [2.45, 2.75) is 27.7 Å². The largest absolute Gasteiger partial charge is 0.354 e. The maximum Gasteiger partial charge on any atom is 0.231 e. The van der Waals surface area contributed by atoms with Crippen molar-refractivity contribution in [2.24, 2.45) is 5.41 Å². The van der Waals surface area contributed by atoms with E-state index in [4.69, 9.17) is 11.6 Å². The Hall–Kier alpha value is -1.10. The fourth-order valence-electron chi connectivity index (χ4n) is 1.53. The summed E-state index contributed by atoms with van der Waals surface area (Å²) in [5.74, 6) is 1.11. The molecule has 0 aromatic carbocycles. The van der Waals surface area contributed by atoms with Crippen molar-refractivity contribution in [3.8, 4) is 0 Å². The van der Waals surface area contributed by atoms with E-state index in [2.05, 4.69) is 41.0 Å². The first-order valence-corrected chi connectivity index (χ1v) is 6.06. The Morgan fingerprint density at radius 2 is 1.88 bits per heavy atom. The minimum atomic E-state index is 0.173. The van der Waals surface area contributed by atoms with Crippen LogP contribution in [-0.4, -0.2) is 35.1 Å². The third kappa shape index (κ3) is 4.73. The highest BCUT2D eigenvalue weighted by molar-refractivity contribution is 6.28. The molecule has 17 heavy (non-hydrogen) atoms. The Morgan fingerprint density at radius 3 is 2.41 bits per heavy atom. The summed E-state index contributed by atoms with van der Waals surface area (Å²) in [5.41, 5.74) is 0.173. The molecule has 0 spiro atoms. The second-order valence-electron chi connectivity index (χ2n) is 5.18. The van der Waals surface area contributed by atoms with Crippen molar-refractivity contribution in [3.05, 3.63) is 5.28 Å². The number of hydrogen-bond donors (Lipinski definition) is 1. The van der Waals surface area contributed by atoms with Gasteiger partial charge in [-0.3, -0.25) is 0 Å². The zero-order valence-electron chi connectivity index (χ0n) is 11.1. The molecule has 1 rings (SSSR count). The Balaban J connectivity index is 2.89. The number of nitrogens with zero attached hydrogens (tertiary/aromatic N) is 4. The van der Waals surface area contributed by atoms with Crippen molar-refractivity contribution < 1.29 is 0 Å². The fourth-order valence-corrected chi connectivity index (χ4v) is 1.69. The van der Waals surface area contributed by atoms with E-state index in [-0.39, 0.29) is 10.7 Å². The van der Waals surface area contributed by atoms with Crippen LogP contribution in [0.3, 0.4) is 0 Å². The SMILES string of the molecule is CCNc1nc(Cl)nc(N(C)CC(C)(C)C)n1. The number of nitrogens with one attached hydrogen (secondary N) is 1. The third-order valence-electron chi connectivity index (χ3n) is 1.98. The molecule has 0 aliphatic heterocycles. The average molecular weight is 258 g/mol. The molecule has 0 unspecified atom stereocenters. The maximum atomic E-state index is 5.87. The predicted molar refractivity (Wildman–Crippen MR) is 71.7 cm³/mol. The van der Waals surface area contributed by atoms with Crippen molar-refractivity contribution >= 4 is 23.5 Å². The van der Waals surface area contributed by atoms with Crippen LogP contribution in [0.2, 0.25) is 5.28 Å². The zero-order valence-corrected chi connectivity index (χ0v) is 11.8. The summed E-state index contributed by atoms with van der Waals surface area (Å²) in [6, 6.07) is 0. The van der Waals surface area contributed by atoms with Gasteiger partial charge in [-0.15, -0.1) is 0 Å². The molecule has 0 aliphatic rings. The highest BCUT2D eigenvalue weighted by atomic mass is 35.5. The van der Waals surface area contributed by atoms with Crippen LogP contribution in [-0.2, 0) is 0 Å². The van der Waals surface area contributed by atoms with E-state index in [1.54, 1.807) is 0 Å². The number of halogens is 1. The molecule has 0 bridgehead atoms. The van der Waals surface area contributed by atoms with Crippen molar-refractivity contribution in [1.29, 1.82) is 0 Å². The topological polar surface area (TPSA) is 53.9 Å². The van der Waals surface area contributed by atoms with Crippen LogP contribution >= 0.6 is 11.6 Å². The normalized spacial score (nSPS) is 11.4. The lowest BCUT2D eigenvalue weighted by Gasteiger charge is -2.26. The smallest absolute Gasteiger partial charge is 0.231 e. The molecular formula is C11H20ClN5. The summed E-state index contributed by atoms with van der Waals surface area (Å²) in [4.78, 5) is 14.4. The van der Waals surface area contributed by atoms with Crippen LogP contribution in [0.4, 0.5) is 11.9 Å². The first kappa shape index (κ1) is 14.0. The lowest BCUT2D eigenvalue weighted by Crippen LogP contribution is -2.30. The molecule has 0 radical (unpaired) electrons. The van der Waals surface area contributed by atoms with Gasteiger partial charge < -0.3 is 10.2 Å². The van der Waals surface area contributed by atoms with Gasteiger partial charge in [0.25, 0.3) is 0 Å². The molecule has 0 fully saturated rings. The van der Waals surface area contributed by atoms with E-state index < -0.39 is 0 Å². The molecule has 0 saturated heterocycles. The molecule has 0 amide bonds. The monoisotopic (exact) mass is 257 g/mol. The summed E-state index contributed by atoms with van der Waals surface area (Å²) >= 11 is 5.87. The quantitative estimate of drug-likeness (QED) is 0.898. The van der Waals surface area contributed by atoms with Crippen molar-refractivity contribution in [3.63, 3.8) is 0 Å². The van der Waals surface area contributed by atoms with Crippen LogP contribution in [0.25, 0.3) is 0 Å². The summed E-state index contributed by atoms with van der Waals surface area (Å²) < 4.78 is 0. The molecule has 6 heteroatoms. The molecule has 1 N–H and O–H groups in total. The number of hydrogen-bond acceptors (Lipinski definition) is 5. The molecule has 96 valence electrons. The van der Waals surface area contributed by atoms with Gasteiger partial charge in [0, 0.05) is 20.1 Å². The average Bonchev–Trinajstić information content (AvgIpc) is 2.14. The molecule has 0 atom stereocenters. The van der Waals surface area contributed by atoms with Crippen LogP contribution < -0.4 is 10.2 Å². The fraction of sp³-hybridized carbons (Fsp3) is 0.727. The molecule has 0 aliphatic carbocycles. The van der Waals surface area contributed by atoms with E-state index >= 15 is 0 Å². The van der Waals surface area contributed by atoms with E-state index in [1.165, 1.54) is 0 Å². The van der Waals surface area contributed by atoms with Gasteiger partial charge in [0.05, 0.1) is 0 Å². The Labute approximate surface area is 108 Å². The van der Waals surface area contributed by atoms with Gasteiger partial charge in [0.2, 0.25) is 17.2 Å². The number of rotatable bonds is 4. The van der Waals surface area contributed by atoms with Gasteiger partial charge >= 0.3 is 0 Å². The minimum absolute atomic E-state index is 0.173. The first-order valence-electron chi connectivity index (χ1n) is 5.68. The van der Waals surface area contributed by atoms with Crippen molar-refractivity contribution in [1.82, 2.24) is 15.0 Å². The summed E-state index contributed by atoms with van der Waals surface area (Å²) in [6.07, 6.45) is 0. The van der Waals surface area contributed by atoms with Gasteiger partial charge in [-0.1, -0.05) is 20.8 Å². The van der Waals surface area contributed by atoms with Gasteiger partial charge in [0.1, 0.15) is 0 Å². The van der Waals surface area contributed by atoms with Gasteiger partial charge in [-0.05, 0) is 23.9 Å². The molecule has 0 saturated carbocycles. The first-order chi connectivity index (χ1) is 7.81. The van der Waals surface area contributed by atoms with Crippen molar-refractivity contribution in [2.75, 3.05) is 30.4 Å². The summed E-state index contributed by atoms with van der Waals surface area (Å²) in [6.45, 7) is 10.1. The van der Waals surface area contributed by atoms with Crippen LogP contribution in [0.1, 0.15) is 27.7 Å². The standard InChI is InChI=1S/C11H20ClN5/c1-6-13-9-14-8(12)15-10(16-9)17(5)7-11(2,3)4/h6-7H2,1-5H3,(H,13,14,15,16). The minimum Gasteiger partial charge on any atom is -0.354 e. The molecule has 1 aromatic heterocycles. The zero-order chi connectivity index (χ0) is 13.1. The van der Waals surface area contributed by atoms with E-state index in [0.717, 1.165) is 13.1 Å². The van der Waals surface area contributed by atoms with E-state index in [9.17, 15) is 0 Å². The Bertz CT molecular complexity index is 375. The number of aromatic nitrogens is 3. The molecular weight excluding hydrogens is 238 g/mol. The van der Waals surface area contributed by atoms with E-state index in [1.807, 2.05) is 18.9 Å². The summed E-state index contributed by atoms with van der Waals surface area (Å²) in [7, 11) is 1.95. The number of anilines is 2. The van der Waals surface area contributed by atoms with Crippen LogP contribution in [0.15, 0.2) is 0 Å². The predicted octanol–water partition coefficient (Wildman–Crippen LogP) is 2.44. The maximum absolute atomic E-state index is 5.87. The molecule has 5 nitrogen and oxygen atoms in total. The highest BCUT2D eigenvalue weighted by Crippen LogP contribution is 2.19. The summed E-state index contributed by atoms with van der Waals surface area (Å²) in [5, 5.41) is 3.25. The Morgan fingerprint density at radius 1 is 1.24 bits per heavy atom. The Kier molecular flexibility index (Phi) is 4.51. The molecule has 1 heterocycles. The van der Waals surface area contributed by atoms with Crippen LogP contribution in [0, 0.1) is 5.41 Å². The second-order valence-corrected chi connectivity index (χ2v) is 5.51. The van der Waals surface area contributed by atoms with Gasteiger partial charge in [-0.2, -0.15) is 15.0 Å². The highest BCUT2D eigenvalue weighted by Gasteiger charge is 2.16. The lowest BCUT2D eigenvalue weighted by atomic mass is 9.96. The third-order valence-corrected chi connectivity index (χ3v) is 2.15.